The van der Waals surface area contributed by atoms with E-state index in [9.17, 15) is 14.0 Å². The smallest absolute Gasteiger partial charge is 0.273 e. The van der Waals surface area contributed by atoms with Crippen LogP contribution in [0.3, 0.4) is 0 Å². The molecule has 1 fully saturated rings. The van der Waals surface area contributed by atoms with Gasteiger partial charge in [0.1, 0.15) is 5.82 Å². The maximum absolute atomic E-state index is 13.2. The number of halogens is 1. The molecule has 1 aromatic heterocycles. The second kappa shape index (κ2) is 8.99. The Morgan fingerprint density at radius 1 is 1.25 bits per heavy atom. The minimum absolute atomic E-state index is 0.0980. The summed E-state index contributed by atoms with van der Waals surface area (Å²) in [6.45, 7) is 4.80. The third-order valence-electron chi connectivity index (χ3n) is 4.91. The Morgan fingerprint density at radius 3 is 2.57 bits per heavy atom. The topological polar surface area (TPSA) is 75.4 Å². The molecular weight excluding hydrogens is 361 g/mol. The van der Waals surface area contributed by atoms with Crippen molar-refractivity contribution >= 4 is 11.8 Å². The molecular formula is C21H26FN3O3. The van der Waals surface area contributed by atoms with Crippen molar-refractivity contribution in [3.8, 4) is 0 Å². The van der Waals surface area contributed by atoms with Gasteiger partial charge in [-0.2, -0.15) is 0 Å². The highest BCUT2D eigenvalue weighted by atomic mass is 19.1. The molecule has 1 heterocycles. The third kappa shape index (κ3) is 4.97. The van der Waals surface area contributed by atoms with E-state index >= 15 is 0 Å². The maximum Gasteiger partial charge on any atom is 0.273 e. The van der Waals surface area contributed by atoms with Gasteiger partial charge in [0, 0.05) is 24.2 Å². The lowest BCUT2D eigenvalue weighted by molar-refractivity contribution is 0.0643. The number of hydrogen-bond acceptors (Lipinski definition) is 4. The Bertz CT molecular complexity index is 811. The molecule has 7 heteroatoms. The van der Waals surface area contributed by atoms with E-state index in [-0.39, 0.29) is 35.9 Å². The Balaban J connectivity index is 1.74. The fourth-order valence-corrected chi connectivity index (χ4v) is 3.39. The number of carbonyl (C=O) groups is 2. The summed E-state index contributed by atoms with van der Waals surface area (Å²) < 4.78 is 18.5. The van der Waals surface area contributed by atoms with Gasteiger partial charge in [-0.05, 0) is 43.0 Å². The van der Waals surface area contributed by atoms with Gasteiger partial charge in [-0.3, -0.25) is 9.59 Å². The lowest BCUT2D eigenvalue weighted by Gasteiger charge is -2.28. The van der Waals surface area contributed by atoms with E-state index in [4.69, 9.17) is 4.52 Å². The standard InChI is InChI=1S/C21H26FN3O3/c1-14(2)12-23-20(26)19-11-18(28-24-19)13-25(17-5-3-4-6-17)21(27)15-7-9-16(22)10-8-15/h7-11,14,17H,3-6,12-13H2,1-2H3,(H,23,26). The normalized spacial score (nSPS) is 14.4. The molecule has 0 saturated heterocycles. The predicted octanol–water partition coefficient (Wildman–Crippen LogP) is 3.78. The van der Waals surface area contributed by atoms with Crippen molar-refractivity contribution in [1.82, 2.24) is 15.4 Å². The number of aromatic nitrogens is 1. The monoisotopic (exact) mass is 387 g/mol. The van der Waals surface area contributed by atoms with Gasteiger partial charge >= 0.3 is 0 Å². The summed E-state index contributed by atoms with van der Waals surface area (Å²) in [5.41, 5.74) is 0.638. The van der Waals surface area contributed by atoms with Gasteiger partial charge in [0.2, 0.25) is 0 Å². The molecule has 2 amide bonds. The van der Waals surface area contributed by atoms with Crippen LogP contribution >= 0.6 is 0 Å². The van der Waals surface area contributed by atoms with E-state index in [1.807, 2.05) is 13.8 Å². The van der Waals surface area contributed by atoms with Crippen molar-refractivity contribution in [2.75, 3.05) is 6.54 Å². The van der Waals surface area contributed by atoms with Crippen molar-refractivity contribution in [3.63, 3.8) is 0 Å². The zero-order chi connectivity index (χ0) is 20.1. The number of hydrogen-bond donors (Lipinski definition) is 1. The van der Waals surface area contributed by atoms with Crippen LogP contribution in [0.1, 0.15) is 66.1 Å². The first-order valence-electron chi connectivity index (χ1n) is 9.74. The zero-order valence-electron chi connectivity index (χ0n) is 16.3. The van der Waals surface area contributed by atoms with Gasteiger partial charge in [0.15, 0.2) is 11.5 Å². The van der Waals surface area contributed by atoms with Gasteiger partial charge in [-0.1, -0.05) is 31.8 Å². The van der Waals surface area contributed by atoms with Gasteiger partial charge in [0.25, 0.3) is 11.8 Å². The van der Waals surface area contributed by atoms with Crippen molar-refractivity contribution in [3.05, 3.63) is 53.2 Å². The van der Waals surface area contributed by atoms with Gasteiger partial charge in [-0.15, -0.1) is 0 Å². The minimum Gasteiger partial charge on any atom is -0.359 e. The Morgan fingerprint density at radius 2 is 1.93 bits per heavy atom. The van der Waals surface area contributed by atoms with E-state index in [0.717, 1.165) is 25.7 Å². The van der Waals surface area contributed by atoms with E-state index < -0.39 is 0 Å². The number of carbonyl (C=O) groups excluding carboxylic acids is 2. The highest BCUT2D eigenvalue weighted by molar-refractivity contribution is 5.94. The van der Waals surface area contributed by atoms with Crippen molar-refractivity contribution in [2.45, 2.75) is 52.1 Å². The largest absolute Gasteiger partial charge is 0.359 e. The Kier molecular flexibility index (Phi) is 6.44. The van der Waals surface area contributed by atoms with Gasteiger partial charge in [0.05, 0.1) is 6.54 Å². The molecule has 1 aliphatic rings. The molecule has 3 rings (SSSR count). The van der Waals surface area contributed by atoms with Crippen molar-refractivity contribution < 1.29 is 18.5 Å². The average Bonchev–Trinajstić information content (AvgIpc) is 3.36. The number of amides is 2. The van der Waals surface area contributed by atoms with Crippen molar-refractivity contribution in [1.29, 1.82) is 0 Å². The summed E-state index contributed by atoms with van der Waals surface area (Å²) in [5, 5.41) is 6.64. The molecule has 28 heavy (non-hydrogen) atoms. The molecule has 6 nitrogen and oxygen atoms in total. The quantitative estimate of drug-likeness (QED) is 0.784. The molecule has 0 spiro atoms. The molecule has 2 aromatic rings. The second-order valence-corrected chi connectivity index (χ2v) is 7.66. The number of nitrogens with one attached hydrogen (secondary N) is 1. The highest BCUT2D eigenvalue weighted by Gasteiger charge is 2.29. The first kappa shape index (κ1) is 20.0. The van der Waals surface area contributed by atoms with Crippen LogP contribution < -0.4 is 5.32 Å². The van der Waals surface area contributed by atoms with E-state index in [1.165, 1.54) is 24.3 Å². The van der Waals surface area contributed by atoms with Gasteiger partial charge < -0.3 is 14.7 Å². The summed E-state index contributed by atoms with van der Waals surface area (Å²) in [6.07, 6.45) is 3.97. The van der Waals surface area contributed by atoms with E-state index in [1.54, 1.807) is 11.0 Å². The lowest BCUT2D eigenvalue weighted by atomic mass is 10.1. The van der Waals surface area contributed by atoms with Crippen LogP contribution in [-0.4, -0.2) is 34.5 Å². The highest BCUT2D eigenvalue weighted by Crippen LogP contribution is 2.27. The molecule has 0 radical (unpaired) electrons. The lowest BCUT2D eigenvalue weighted by Crippen LogP contribution is -2.38. The van der Waals surface area contributed by atoms with E-state index in [0.29, 0.717) is 23.8 Å². The van der Waals surface area contributed by atoms with Crippen LogP contribution in [0.2, 0.25) is 0 Å². The predicted molar refractivity (Wildman–Crippen MR) is 102 cm³/mol. The first-order chi connectivity index (χ1) is 13.4. The molecule has 0 aliphatic heterocycles. The SMILES string of the molecule is CC(C)CNC(=O)c1cc(CN(C(=O)c2ccc(F)cc2)C2CCCC2)on1. The van der Waals surface area contributed by atoms with Crippen LogP contribution in [0, 0.1) is 11.7 Å². The molecule has 0 bridgehead atoms. The molecule has 0 atom stereocenters. The van der Waals surface area contributed by atoms with Crippen molar-refractivity contribution in [2.24, 2.45) is 5.92 Å². The second-order valence-electron chi connectivity index (χ2n) is 7.66. The summed E-state index contributed by atoms with van der Waals surface area (Å²) in [4.78, 5) is 26.9. The zero-order valence-corrected chi connectivity index (χ0v) is 16.3. The van der Waals surface area contributed by atoms with Crippen LogP contribution in [0.5, 0.6) is 0 Å². The maximum atomic E-state index is 13.2. The fraction of sp³-hybridized carbons (Fsp3) is 0.476. The average molecular weight is 387 g/mol. The minimum atomic E-state index is -0.378. The number of nitrogens with zero attached hydrogens (tertiary/aromatic N) is 2. The summed E-state index contributed by atoms with van der Waals surface area (Å²) >= 11 is 0. The molecule has 1 N–H and O–H groups in total. The molecule has 0 unspecified atom stereocenters. The Labute approximate surface area is 164 Å². The number of benzene rings is 1. The van der Waals surface area contributed by atoms with Crippen LogP contribution in [0.4, 0.5) is 4.39 Å². The summed E-state index contributed by atoms with van der Waals surface area (Å²) in [7, 11) is 0. The summed E-state index contributed by atoms with van der Waals surface area (Å²) in [6, 6.07) is 7.23. The molecule has 1 aliphatic carbocycles. The van der Waals surface area contributed by atoms with Crippen LogP contribution in [-0.2, 0) is 6.54 Å². The number of rotatable bonds is 7. The molecule has 1 saturated carbocycles. The van der Waals surface area contributed by atoms with Gasteiger partial charge in [-0.25, -0.2) is 4.39 Å². The Hall–Kier alpha value is -2.70. The van der Waals surface area contributed by atoms with E-state index in [2.05, 4.69) is 10.5 Å². The molecule has 1 aromatic carbocycles. The van der Waals surface area contributed by atoms with Crippen LogP contribution in [0.15, 0.2) is 34.9 Å². The first-order valence-corrected chi connectivity index (χ1v) is 9.74. The fourth-order valence-electron chi connectivity index (χ4n) is 3.39. The third-order valence-corrected chi connectivity index (χ3v) is 4.91. The van der Waals surface area contributed by atoms with Crippen LogP contribution in [0.25, 0.3) is 0 Å². The summed E-state index contributed by atoms with van der Waals surface area (Å²) in [5.74, 6) is -0.0510. The molecule has 150 valence electrons.